The van der Waals surface area contributed by atoms with Gasteiger partial charge in [-0.25, -0.2) is 0 Å². The lowest BCUT2D eigenvalue weighted by Crippen LogP contribution is -2.37. The van der Waals surface area contributed by atoms with Crippen LogP contribution in [-0.4, -0.2) is 11.8 Å². The lowest BCUT2D eigenvalue weighted by atomic mass is 10.1. The van der Waals surface area contributed by atoms with E-state index in [1.807, 2.05) is 17.8 Å². The highest BCUT2D eigenvalue weighted by Gasteiger charge is 2.09. The Bertz CT molecular complexity index is 262. The molecule has 0 saturated carbocycles. The van der Waals surface area contributed by atoms with E-state index < -0.39 is 0 Å². The Labute approximate surface area is 96.6 Å². The fourth-order valence-corrected chi connectivity index (χ4v) is 2.44. The van der Waals surface area contributed by atoms with Gasteiger partial charge in [0, 0.05) is 16.7 Å². The third-order valence-electron chi connectivity index (χ3n) is 2.19. The zero-order valence-electron chi connectivity index (χ0n) is 9.44. The maximum absolute atomic E-state index is 5.52. The third-order valence-corrected chi connectivity index (χ3v) is 3.36. The number of thioether (sulfide) groups is 1. The van der Waals surface area contributed by atoms with Gasteiger partial charge in [-0.2, -0.15) is 0 Å². The summed E-state index contributed by atoms with van der Waals surface area (Å²) in [6.07, 6.45) is 1.12. The van der Waals surface area contributed by atoms with Crippen molar-refractivity contribution in [1.29, 1.82) is 0 Å². The van der Waals surface area contributed by atoms with E-state index in [2.05, 4.69) is 43.5 Å². The van der Waals surface area contributed by atoms with Gasteiger partial charge in [-0.15, -0.1) is 11.8 Å². The summed E-state index contributed by atoms with van der Waals surface area (Å²) >= 11 is 1.85. The Morgan fingerprint density at radius 1 is 1.27 bits per heavy atom. The van der Waals surface area contributed by atoms with Crippen LogP contribution in [0.3, 0.4) is 0 Å². The molecule has 0 fully saturated rings. The van der Waals surface area contributed by atoms with Crippen molar-refractivity contribution in [3.63, 3.8) is 0 Å². The highest BCUT2D eigenvalue weighted by molar-refractivity contribution is 7.99. The van der Waals surface area contributed by atoms with Gasteiger partial charge in [-0.3, -0.25) is 11.3 Å². The van der Waals surface area contributed by atoms with Crippen molar-refractivity contribution in [2.24, 2.45) is 11.8 Å². The van der Waals surface area contributed by atoms with Gasteiger partial charge in [0.15, 0.2) is 0 Å². The first-order valence-corrected chi connectivity index (χ1v) is 6.35. The van der Waals surface area contributed by atoms with Crippen LogP contribution in [0.4, 0.5) is 0 Å². The number of hydrogen-bond donors (Lipinski definition) is 2. The molecule has 0 aromatic heterocycles. The number of nitrogens with two attached hydrogens (primary N) is 1. The molecule has 0 bridgehead atoms. The lowest BCUT2D eigenvalue weighted by molar-refractivity contribution is 0.456. The average Bonchev–Trinajstić information content (AvgIpc) is 2.25. The van der Waals surface area contributed by atoms with Crippen LogP contribution in [0, 0.1) is 5.92 Å². The molecule has 3 heteroatoms. The molecule has 15 heavy (non-hydrogen) atoms. The van der Waals surface area contributed by atoms with E-state index >= 15 is 0 Å². The van der Waals surface area contributed by atoms with Crippen molar-refractivity contribution in [2.45, 2.75) is 31.2 Å². The maximum Gasteiger partial charge on any atom is 0.0307 e. The highest BCUT2D eigenvalue weighted by atomic mass is 32.2. The van der Waals surface area contributed by atoms with E-state index in [1.165, 1.54) is 4.90 Å². The first-order valence-electron chi connectivity index (χ1n) is 5.36. The van der Waals surface area contributed by atoms with Crippen molar-refractivity contribution >= 4 is 11.8 Å². The zero-order chi connectivity index (χ0) is 11.1. The Kier molecular flexibility index (Phi) is 5.76. The molecule has 0 aliphatic heterocycles. The summed E-state index contributed by atoms with van der Waals surface area (Å²) in [5, 5.41) is 0. The Balaban J connectivity index is 2.34. The van der Waals surface area contributed by atoms with Gasteiger partial charge in [-0.1, -0.05) is 32.0 Å². The number of hydrogen-bond acceptors (Lipinski definition) is 3. The number of hydrazine groups is 1. The van der Waals surface area contributed by atoms with Crippen molar-refractivity contribution < 1.29 is 0 Å². The van der Waals surface area contributed by atoms with Gasteiger partial charge in [-0.05, 0) is 24.5 Å². The molecule has 1 aromatic rings. The zero-order valence-corrected chi connectivity index (χ0v) is 10.3. The molecular weight excluding hydrogens is 204 g/mol. The largest absolute Gasteiger partial charge is 0.271 e. The van der Waals surface area contributed by atoms with E-state index in [1.54, 1.807) is 0 Å². The fourth-order valence-electron chi connectivity index (χ4n) is 1.47. The van der Waals surface area contributed by atoms with Crippen LogP contribution in [0.25, 0.3) is 0 Å². The fraction of sp³-hybridized carbons (Fsp3) is 0.500. The summed E-state index contributed by atoms with van der Waals surface area (Å²) in [7, 11) is 0. The maximum atomic E-state index is 5.52. The molecule has 0 spiro atoms. The average molecular weight is 224 g/mol. The summed E-state index contributed by atoms with van der Waals surface area (Å²) < 4.78 is 0. The van der Waals surface area contributed by atoms with Crippen LogP contribution in [0.5, 0.6) is 0 Å². The summed E-state index contributed by atoms with van der Waals surface area (Å²) in [6, 6.07) is 10.8. The predicted octanol–water partition coefficient (Wildman–Crippen LogP) is 2.66. The Morgan fingerprint density at radius 3 is 2.47 bits per heavy atom. The van der Waals surface area contributed by atoms with Gasteiger partial charge in [0.2, 0.25) is 0 Å². The van der Waals surface area contributed by atoms with Gasteiger partial charge in [0.05, 0.1) is 0 Å². The molecule has 0 saturated heterocycles. The predicted molar refractivity (Wildman–Crippen MR) is 67.7 cm³/mol. The second-order valence-corrected chi connectivity index (χ2v) is 5.21. The minimum Gasteiger partial charge on any atom is -0.271 e. The molecule has 2 nitrogen and oxygen atoms in total. The van der Waals surface area contributed by atoms with Gasteiger partial charge < -0.3 is 0 Å². The van der Waals surface area contributed by atoms with Crippen LogP contribution in [0.1, 0.15) is 20.3 Å². The molecule has 3 N–H and O–H groups in total. The first kappa shape index (κ1) is 12.6. The van der Waals surface area contributed by atoms with E-state index in [-0.39, 0.29) is 0 Å². The lowest BCUT2D eigenvalue weighted by Gasteiger charge is -2.17. The second kappa shape index (κ2) is 6.88. The van der Waals surface area contributed by atoms with Crippen molar-refractivity contribution in [3.05, 3.63) is 30.3 Å². The van der Waals surface area contributed by atoms with E-state index in [4.69, 9.17) is 5.84 Å². The van der Waals surface area contributed by atoms with E-state index in [0.29, 0.717) is 12.0 Å². The second-order valence-electron chi connectivity index (χ2n) is 4.12. The van der Waals surface area contributed by atoms with Crippen molar-refractivity contribution in [1.82, 2.24) is 5.43 Å². The third kappa shape index (κ3) is 5.21. The highest BCUT2D eigenvalue weighted by Crippen LogP contribution is 2.19. The topological polar surface area (TPSA) is 38.0 Å². The monoisotopic (exact) mass is 224 g/mol. The van der Waals surface area contributed by atoms with Crippen molar-refractivity contribution in [2.75, 3.05) is 5.75 Å². The summed E-state index contributed by atoms with van der Waals surface area (Å²) in [6.45, 7) is 4.44. The first-order chi connectivity index (χ1) is 7.22. The molecule has 1 aromatic carbocycles. The molecule has 1 rings (SSSR count). The van der Waals surface area contributed by atoms with Gasteiger partial charge in [0.25, 0.3) is 0 Å². The molecule has 0 radical (unpaired) electrons. The molecule has 84 valence electrons. The summed E-state index contributed by atoms with van der Waals surface area (Å²) in [5.41, 5.74) is 2.88. The molecule has 0 amide bonds. The van der Waals surface area contributed by atoms with Gasteiger partial charge in [0.1, 0.15) is 0 Å². The summed E-state index contributed by atoms with van der Waals surface area (Å²) in [4.78, 5) is 1.31. The van der Waals surface area contributed by atoms with Crippen molar-refractivity contribution in [3.8, 4) is 0 Å². The Hall–Kier alpha value is -0.510. The molecule has 1 atom stereocenters. The van der Waals surface area contributed by atoms with E-state index in [0.717, 1.165) is 12.2 Å². The molecule has 0 heterocycles. The van der Waals surface area contributed by atoms with Crippen LogP contribution in [-0.2, 0) is 0 Å². The van der Waals surface area contributed by atoms with Gasteiger partial charge >= 0.3 is 0 Å². The number of nitrogens with one attached hydrogen (secondary N) is 1. The summed E-state index contributed by atoms with van der Waals surface area (Å²) in [5.74, 6) is 7.23. The van der Waals surface area contributed by atoms with Crippen LogP contribution >= 0.6 is 11.8 Å². The standard InChI is InChI=1S/C12H20N2S/c1-10(2)8-11(14-13)9-15-12-6-4-3-5-7-12/h3-7,10-11,14H,8-9,13H2,1-2H3. The minimum absolute atomic E-state index is 0.398. The molecule has 1 unspecified atom stereocenters. The normalized spacial score (nSPS) is 13.1. The quantitative estimate of drug-likeness (QED) is 0.443. The molecular formula is C12H20N2S. The minimum atomic E-state index is 0.398. The Morgan fingerprint density at radius 2 is 1.93 bits per heavy atom. The smallest absolute Gasteiger partial charge is 0.0307 e. The van der Waals surface area contributed by atoms with Crippen LogP contribution < -0.4 is 11.3 Å². The van der Waals surface area contributed by atoms with Crippen LogP contribution in [0.15, 0.2) is 35.2 Å². The number of benzene rings is 1. The molecule has 0 aliphatic carbocycles. The SMILES string of the molecule is CC(C)CC(CSc1ccccc1)NN. The van der Waals surface area contributed by atoms with E-state index in [9.17, 15) is 0 Å². The number of rotatable bonds is 6. The van der Waals surface area contributed by atoms with Crippen LogP contribution in [0.2, 0.25) is 0 Å². The molecule has 0 aliphatic rings.